The maximum atomic E-state index is 8.98. The molecule has 0 radical (unpaired) electrons. The number of fused-ring (bicyclic) bond motifs is 1. The highest BCUT2D eigenvalue weighted by Crippen LogP contribution is 2.48. The monoisotopic (exact) mass is 228 g/mol. The number of hydrogen-bond donors (Lipinski definition) is 1. The van der Waals surface area contributed by atoms with Gasteiger partial charge in [-0.2, -0.15) is 0 Å². The molecule has 0 spiro atoms. The van der Waals surface area contributed by atoms with E-state index in [-0.39, 0.29) is 0 Å². The van der Waals surface area contributed by atoms with Crippen LogP contribution in [0, 0.1) is 17.3 Å². The fourth-order valence-corrected chi connectivity index (χ4v) is 3.37. The summed E-state index contributed by atoms with van der Waals surface area (Å²) >= 11 is 0. The van der Waals surface area contributed by atoms with Crippen molar-refractivity contribution in [1.29, 1.82) is 0 Å². The number of hydrogen-bond acceptors (Lipinski definition) is 3. The minimum Gasteiger partial charge on any atom is -0.396 e. The van der Waals surface area contributed by atoms with Gasteiger partial charge in [-0.25, -0.2) is 0 Å². The van der Waals surface area contributed by atoms with E-state index in [9.17, 15) is 0 Å². The molecule has 0 bridgehead atoms. The third-order valence-corrected chi connectivity index (χ3v) is 4.80. The first kappa shape index (κ1) is 12.3. The van der Waals surface area contributed by atoms with Crippen LogP contribution in [0.15, 0.2) is 0 Å². The molecule has 2 aliphatic rings. The molecule has 1 N–H and O–H groups in total. The number of ether oxygens (including phenoxy) is 2. The van der Waals surface area contributed by atoms with Crippen molar-refractivity contribution in [2.24, 2.45) is 17.3 Å². The van der Waals surface area contributed by atoms with Crippen LogP contribution in [0.4, 0.5) is 0 Å². The van der Waals surface area contributed by atoms with Crippen molar-refractivity contribution in [1.82, 2.24) is 0 Å². The molecule has 0 aromatic rings. The van der Waals surface area contributed by atoms with Gasteiger partial charge in [0.2, 0.25) is 0 Å². The lowest BCUT2D eigenvalue weighted by Crippen LogP contribution is -2.48. The van der Waals surface area contributed by atoms with Gasteiger partial charge in [-0.15, -0.1) is 0 Å². The molecule has 2 rings (SSSR count). The number of aliphatic hydroxyl groups is 1. The Hall–Kier alpha value is -0.120. The molecule has 3 nitrogen and oxygen atoms in total. The summed E-state index contributed by atoms with van der Waals surface area (Å²) in [6.07, 6.45) is 4.81. The molecule has 1 aliphatic carbocycles. The predicted molar refractivity (Wildman–Crippen MR) is 62.0 cm³/mol. The molecule has 0 aromatic carbocycles. The first-order chi connectivity index (χ1) is 7.67. The van der Waals surface area contributed by atoms with Crippen LogP contribution in [-0.2, 0) is 9.47 Å². The van der Waals surface area contributed by atoms with Gasteiger partial charge in [0, 0.05) is 12.5 Å². The van der Waals surface area contributed by atoms with Crippen molar-refractivity contribution in [2.45, 2.75) is 45.6 Å². The largest absolute Gasteiger partial charge is 0.396 e. The van der Waals surface area contributed by atoms with E-state index in [1.165, 1.54) is 6.42 Å². The van der Waals surface area contributed by atoms with Crippen LogP contribution in [0.2, 0.25) is 0 Å². The SMILES string of the molecule is CC1C2COCOC2CCC1(C)CCCO. The van der Waals surface area contributed by atoms with Gasteiger partial charge in [0.15, 0.2) is 0 Å². The Labute approximate surface area is 98.1 Å². The highest BCUT2D eigenvalue weighted by molar-refractivity contribution is 4.93. The van der Waals surface area contributed by atoms with Gasteiger partial charge in [0.1, 0.15) is 6.79 Å². The van der Waals surface area contributed by atoms with Gasteiger partial charge in [0.25, 0.3) is 0 Å². The van der Waals surface area contributed by atoms with Gasteiger partial charge >= 0.3 is 0 Å². The third-order valence-electron chi connectivity index (χ3n) is 4.80. The maximum absolute atomic E-state index is 8.98. The van der Waals surface area contributed by atoms with Gasteiger partial charge in [-0.05, 0) is 37.0 Å². The lowest BCUT2D eigenvalue weighted by molar-refractivity contribution is -0.208. The van der Waals surface area contributed by atoms with E-state index in [0.717, 1.165) is 25.9 Å². The van der Waals surface area contributed by atoms with Crippen LogP contribution < -0.4 is 0 Å². The van der Waals surface area contributed by atoms with Gasteiger partial charge in [0.05, 0.1) is 12.7 Å². The Balaban J connectivity index is 2.01. The Kier molecular flexibility index (Phi) is 3.88. The zero-order valence-corrected chi connectivity index (χ0v) is 10.4. The molecular formula is C13H24O3. The standard InChI is InChI=1S/C13H24O3/c1-10-11-8-15-9-16-12(11)4-6-13(10,2)5-3-7-14/h10-12,14H,3-9H2,1-2H3. The summed E-state index contributed by atoms with van der Waals surface area (Å²) in [7, 11) is 0. The minimum atomic E-state index is 0.309. The topological polar surface area (TPSA) is 38.7 Å². The average Bonchev–Trinajstić information content (AvgIpc) is 2.32. The molecule has 3 heteroatoms. The first-order valence-corrected chi connectivity index (χ1v) is 6.47. The summed E-state index contributed by atoms with van der Waals surface area (Å²) in [5.74, 6) is 1.17. The molecule has 0 amide bonds. The summed E-state index contributed by atoms with van der Waals surface area (Å²) < 4.78 is 11.1. The summed E-state index contributed by atoms with van der Waals surface area (Å²) in [6, 6.07) is 0. The van der Waals surface area contributed by atoms with Crippen LogP contribution in [-0.4, -0.2) is 31.2 Å². The second-order valence-corrected chi connectivity index (χ2v) is 5.67. The van der Waals surface area contributed by atoms with Crippen LogP contribution >= 0.6 is 0 Å². The highest BCUT2D eigenvalue weighted by Gasteiger charge is 2.45. The quantitative estimate of drug-likeness (QED) is 0.804. The molecule has 94 valence electrons. The van der Waals surface area contributed by atoms with Crippen LogP contribution in [0.1, 0.15) is 39.5 Å². The first-order valence-electron chi connectivity index (χ1n) is 6.47. The molecule has 4 atom stereocenters. The van der Waals surface area contributed by atoms with Crippen molar-refractivity contribution < 1.29 is 14.6 Å². The second kappa shape index (κ2) is 5.03. The van der Waals surface area contributed by atoms with Crippen molar-refractivity contribution >= 4 is 0 Å². The van der Waals surface area contributed by atoms with Crippen molar-refractivity contribution in [3.63, 3.8) is 0 Å². The Bertz CT molecular complexity index is 231. The maximum Gasteiger partial charge on any atom is 0.147 e. The zero-order chi connectivity index (χ0) is 11.6. The van der Waals surface area contributed by atoms with Crippen molar-refractivity contribution in [3.8, 4) is 0 Å². The van der Waals surface area contributed by atoms with Gasteiger partial charge in [-0.3, -0.25) is 0 Å². The van der Waals surface area contributed by atoms with E-state index in [1.54, 1.807) is 0 Å². The third kappa shape index (κ3) is 2.27. The average molecular weight is 228 g/mol. The highest BCUT2D eigenvalue weighted by atomic mass is 16.7. The smallest absolute Gasteiger partial charge is 0.147 e. The van der Waals surface area contributed by atoms with Crippen molar-refractivity contribution in [2.75, 3.05) is 20.0 Å². The predicted octanol–water partition coefficient (Wildman–Crippen LogP) is 2.18. The fourth-order valence-electron chi connectivity index (χ4n) is 3.37. The van der Waals surface area contributed by atoms with Crippen LogP contribution in [0.5, 0.6) is 0 Å². The van der Waals surface area contributed by atoms with E-state index >= 15 is 0 Å². The molecule has 1 aliphatic heterocycles. The van der Waals surface area contributed by atoms with E-state index in [1.807, 2.05) is 0 Å². The molecule has 4 unspecified atom stereocenters. The summed E-state index contributed by atoms with van der Waals surface area (Å²) in [5, 5.41) is 8.98. The Morgan fingerprint density at radius 3 is 3.00 bits per heavy atom. The summed E-state index contributed by atoms with van der Waals surface area (Å²) in [6.45, 7) is 6.32. The van der Waals surface area contributed by atoms with E-state index in [0.29, 0.717) is 36.8 Å². The summed E-state index contributed by atoms with van der Waals surface area (Å²) in [4.78, 5) is 0. The lowest BCUT2D eigenvalue weighted by Gasteiger charge is -2.49. The molecule has 1 saturated heterocycles. The molecule has 0 aromatic heterocycles. The Morgan fingerprint density at radius 1 is 1.44 bits per heavy atom. The molecule has 1 heterocycles. The normalized spacial score (nSPS) is 44.1. The summed E-state index contributed by atoms with van der Waals surface area (Å²) in [5.41, 5.74) is 0.355. The lowest BCUT2D eigenvalue weighted by atomic mass is 9.60. The second-order valence-electron chi connectivity index (χ2n) is 5.67. The van der Waals surface area contributed by atoms with E-state index < -0.39 is 0 Å². The molecule has 1 saturated carbocycles. The van der Waals surface area contributed by atoms with E-state index in [2.05, 4.69) is 13.8 Å². The zero-order valence-electron chi connectivity index (χ0n) is 10.4. The Morgan fingerprint density at radius 2 is 2.25 bits per heavy atom. The molecular weight excluding hydrogens is 204 g/mol. The van der Waals surface area contributed by atoms with Crippen molar-refractivity contribution in [3.05, 3.63) is 0 Å². The molecule has 16 heavy (non-hydrogen) atoms. The van der Waals surface area contributed by atoms with Gasteiger partial charge < -0.3 is 14.6 Å². The minimum absolute atomic E-state index is 0.309. The molecule has 2 fully saturated rings. The number of aliphatic hydroxyl groups excluding tert-OH is 1. The fraction of sp³-hybridized carbons (Fsp3) is 1.00. The van der Waals surface area contributed by atoms with Crippen LogP contribution in [0.3, 0.4) is 0 Å². The van der Waals surface area contributed by atoms with E-state index in [4.69, 9.17) is 14.6 Å². The number of rotatable bonds is 3. The van der Waals surface area contributed by atoms with Crippen LogP contribution in [0.25, 0.3) is 0 Å². The van der Waals surface area contributed by atoms with Gasteiger partial charge in [-0.1, -0.05) is 13.8 Å².